The Morgan fingerprint density at radius 2 is 2.21 bits per heavy atom. The van der Waals surface area contributed by atoms with Gasteiger partial charge >= 0.3 is 0 Å². The number of thiazole rings is 1. The standard InChI is InChI=1S/C17H21N3O3S/c1-12(21)18-7-4-14-11-24-16(19-14)13-5-8-20(9-6-13)17(22)15-3-2-10-23-15/h2-3,10-11,13H,4-9H2,1H3,(H,18,21). The lowest BCUT2D eigenvalue weighted by Crippen LogP contribution is -2.37. The average molecular weight is 347 g/mol. The number of hydrogen-bond acceptors (Lipinski definition) is 5. The van der Waals surface area contributed by atoms with Crippen molar-refractivity contribution < 1.29 is 14.0 Å². The molecule has 0 saturated carbocycles. The Balaban J connectivity index is 1.50. The first-order chi connectivity index (χ1) is 11.6. The molecule has 2 aromatic rings. The van der Waals surface area contributed by atoms with Gasteiger partial charge < -0.3 is 14.6 Å². The number of likely N-dealkylation sites (tertiary alicyclic amines) is 1. The number of amides is 2. The second kappa shape index (κ2) is 7.61. The molecule has 0 aliphatic carbocycles. The van der Waals surface area contributed by atoms with Crippen LogP contribution in [0.2, 0.25) is 0 Å². The van der Waals surface area contributed by atoms with E-state index in [1.807, 2.05) is 4.90 Å². The molecular weight excluding hydrogens is 326 g/mol. The van der Waals surface area contributed by atoms with Gasteiger partial charge in [-0.2, -0.15) is 0 Å². The normalized spacial score (nSPS) is 15.5. The van der Waals surface area contributed by atoms with E-state index >= 15 is 0 Å². The van der Waals surface area contributed by atoms with Crippen LogP contribution in [0, 0.1) is 0 Å². The number of piperidine rings is 1. The number of hydrogen-bond donors (Lipinski definition) is 1. The van der Waals surface area contributed by atoms with Gasteiger partial charge in [-0.15, -0.1) is 11.3 Å². The molecule has 1 aliphatic heterocycles. The van der Waals surface area contributed by atoms with Crippen molar-refractivity contribution in [2.24, 2.45) is 0 Å². The third-order valence-electron chi connectivity index (χ3n) is 4.19. The van der Waals surface area contributed by atoms with E-state index < -0.39 is 0 Å². The van der Waals surface area contributed by atoms with Gasteiger partial charge in [0.05, 0.1) is 17.0 Å². The summed E-state index contributed by atoms with van der Waals surface area (Å²) in [7, 11) is 0. The lowest BCUT2D eigenvalue weighted by atomic mass is 9.97. The van der Waals surface area contributed by atoms with Crippen molar-refractivity contribution in [1.82, 2.24) is 15.2 Å². The first-order valence-corrected chi connectivity index (χ1v) is 9.03. The van der Waals surface area contributed by atoms with Gasteiger partial charge in [-0.25, -0.2) is 4.98 Å². The summed E-state index contributed by atoms with van der Waals surface area (Å²) in [4.78, 5) is 29.7. The van der Waals surface area contributed by atoms with E-state index in [9.17, 15) is 9.59 Å². The molecule has 1 aliphatic rings. The van der Waals surface area contributed by atoms with Gasteiger partial charge in [0.25, 0.3) is 5.91 Å². The maximum Gasteiger partial charge on any atom is 0.289 e. The Morgan fingerprint density at radius 3 is 2.88 bits per heavy atom. The summed E-state index contributed by atoms with van der Waals surface area (Å²) in [5.41, 5.74) is 1.03. The summed E-state index contributed by atoms with van der Waals surface area (Å²) in [6.07, 6.45) is 4.13. The molecule has 0 bridgehead atoms. The zero-order chi connectivity index (χ0) is 16.9. The van der Waals surface area contributed by atoms with Gasteiger partial charge in [0.15, 0.2) is 5.76 Å². The molecule has 3 rings (SSSR count). The van der Waals surface area contributed by atoms with Crippen molar-refractivity contribution >= 4 is 23.2 Å². The van der Waals surface area contributed by atoms with E-state index in [0.717, 1.165) is 43.1 Å². The zero-order valence-corrected chi connectivity index (χ0v) is 14.5. The van der Waals surface area contributed by atoms with Crippen LogP contribution in [0.1, 0.15) is 46.9 Å². The predicted molar refractivity (Wildman–Crippen MR) is 91.1 cm³/mol. The molecule has 6 nitrogen and oxygen atoms in total. The SMILES string of the molecule is CC(=O)NCCc1csc(C2CCN(C(=O)c3ccco3)CC2)n1. The molecule has 0 unspecified atom stereocenters. The van der Waals surface area contributed by atoms with Crippen LogP contribution in [-0.4, -0.2) is 41.3 Å². The van der Waals surface area contributed by atoms with Crippen LogP contribution in [0.15, 0.2) is 28.2 Å². The Kier molecular flexibility index (Phi) is 5.30. The molecule has 0 aromatic carbocycles. The van der Waals surface area contributed by atoms with Crippen LogP contribution in [0.4, 0.5) is 0 Å². The minimum atomic E-state index is -0.0337. The maximum absolute atomic E-state index is 12.3. The van der Waals surface area contributed by atoms with E-state index in [-0.39, 0.29) is 11.8 Å². The van der Waals surface area contributed by atoms with Crippen LogP contribution in [0.3, 0.4) is 0 Å². The van der Waals surface area contributed by atoms with E-state index in [1.165, 1.54) is 13.2 Å². The van der Waals surface area contributed by atoms with Gasteiger partial charge in [0, 0.05) is 44.3 Å². The molecule has 2 amide bonds. The van der Waals surface area contributed by atoms with Crippen LogP contribution < -0.4 is 5.32 Å². The minimum Gasteiger partial charge on any atom is -0.459 e. The summed E-state index contributed by atoms with van der Waals surface area (Å²) in [6, 6.07) is 3.44. The van der Waals surface area contributed by atoms with E-state index in [4.69, 9.17) is 9.40 Å². The number of carbonyl (C=O) groups excluding carboxylic acids is 2. The molecule has 3 heterocycles. The fourth-order valence-electron chi connectivity index (χ4n) is 2.88. The van der Waals surface area contributed by atoms with Crippen LogP contribution >= 0.6 is 11.3 Å². The van der Waals surface area contributed by atoms with Gasteiger partial charge in [-0.3, -0.25) is 9.59 Å². The monoisotopic (exact) mass is 347 g/mol. The molecule has 1 N–H and O–H groups in total. The summed E-state index contributed by atoms with van der Waals surface area (Å²) in [6.45, 7) is 3.59. The number of nitrogens with one attached hydrogen (secondary N) is 1. The smallest absolute Gasteiger partial charge is 0.289 e. The quantitative estimate of drug-likeness (QED) is 0.901. The lowest BCUT2D eigenvalue weighted by molar-refractivity contribution is -0.118. The molecular formula is C17H21N3O3S. The van der Waals surface area contributed by atoms with E-state index in [1.54, 1.807) is 23.5 Å². The number of nitrogens with zero attached hydrogens (tertiary/aromatic N) is 2. The second-order valence-electron chi connectivity index (χ2n) is 5.95. The van der Waals surface area contributed by atoms with Gasteiger partial charge in [0.2, 0.25) is 5.91 Å². The number of carbonyl (C=O) groups is 2. The topological polar surface area (TPSA) is 75.4 Å². The van der Waals surface area contributed by atoms with Crippen LogP contribution in [-0.2, 0) is 11.2 Å². The Labute approximate surface area is 144 Å². The molecule has 7 heteroatoms. The second-order valence-corrected chi connectivity index (χ2v) is 6.84. The van der Waals surface area contributed by atoms with Gasteiger partial charge in [-0.1, -0.05) is 0 Å². The first-order valence-electron chi connectivity index (χ1n) is 8.15. The highest BCUT2D eigenvalue weighted by Crippen LogP contribution is 2.30. The van der Waals surface area contributed by atoms with Crippen molar-refractivity contribution in [3.63, 3.8) is 0 Å². The van der Waals surface area contributed by atoms with Crippen LogP contribution in [0.5, 0.6) is 0 Å². The fraction of sp³-hybridized carbons (Fsp3) is 0.471. The zero-order valence-electron chi connectivity index (χ0n) is 13.7. The fourth-order valence-corrected chi connectivity index (χ4v) is 3.90. The predicted octanol–water partition coefficient (Wildman–Crippen LogP) is 2.43. The van der Waals surface area contributed by atoms with Crippen molar-refractivity contribution in [3.05, 3.63) is 40.2 Å². The van der Waals surface area contributed by atoms with Crippen molar-refractivity contribution in [1.29, 1.82) is 0 Å². The number of rotatable bonds is 5. The van der Waals surface area contributed by atoms with Crippen molar-refractivity contribution in [2.75, 3.05) is 19.6 Å². The molecule has 0 atom stereocenters. The van der Waals surface area contributed by atoms with E-state index in [2.05, 4.69) is 10.7 Å². The van der Waals surface area contributed by atoms with Crippen molar-refractivity contribution in [3.8, 4) is 0 Å². The Hall–Kier alpha value is -2.15. The van der Waals surface area contributed by atoms with Gasteiger partial charge in [0.1, 0.15) is 0 Å². The summed E-state index contributed by atoms with van der Waals surface area (Å²) >= 11 is 1.68. The summed E-state index contributed by atoms with van der Waals surface area (Å²) < 4.78 is 5.19. The van der Waals surface area contributed by atoms with Crippen LogP contribution in [0.25, 0.3) is 0 Å². The molecule has 128 valence electrons. The molecule has 0 radical (unpaired) electrons. The summed E-state index contributed by atoms with van der Waals surface area (Å²) in [5, 5.41) is 5.99. The number of furan rings is 1. The maximum atomic E-state index is 12.3. The third-order valence-corrected chi connectivity index (χ3v) is 5.24. The molecule has 0 spiro atoms. The average Bonchev–Trinajstić information content (AvgIpc) is 3.26. The molecule has 24 heavy (non-hydrogen) atoms. The summed E-state index contributed by atoms with van der Waals surface area (Å²) in [5.74, 6) is 0.765. The molecule has 1 fully saturated rings. The highest BCUT2D eigenvalue weighted by Gasteiger charge is 2.27. The highest BCUT2D eigenvalue weighted by molar-refractivity contribution is 7.09. The lowest BCUT2D eigenvalue weighted by Gasteiger charge is -2.30. The third kappa shape index (κ3) is 4.03. The van der Waals surface area contributed by atoms with Crippen molar-refractivity contribution in [2.45, 2.75) is 32.1 Å². The number of aromatic nitrogens is 1. The largest absolute Gasteiger partial charge is 0.459 e. The molecule has 2 aromatic heterocycles. The van der Waals surface area contributed by atoms with Gasteiger partial charge in [-0.05, 0) is 25.0 Å². The highest BCUT2D eigenvalue weighted by atomic mass is 32.1. The van der Waals surface area contributed by atoms with E-state index in [0.29, 0.717) is 18.2 Å². The first kappa shape index (κ1) is 16.7. The molecule has 1 saturated heterocycles. The Bertz CT molecular complexity index is 688. The Morgan fingerprint density at radius 1 is 1.42 bits per heavy atom. The minimum absolute atomic E-state index is 0.0148.